The van der Waals surface area contributed by atoms with Gasteiger partial charge in [0.15, 0.2) is 6.54 Å². The average molecular weight is 440 g/mol. The Morgan fingerprint density at radius 2 is 1.82 bits per heavy atom. The third-order valence-electron chi connectivity index (χ3n) is 4.80. The van der Waals surface area contributed by atoms with Gasteiger partial charge in [-0.05, 0) is 55.5 Å². The number of hydrogen-bond acceptors (Lipinski definition) is 3. The molecule has 3 aromatic rings. The summed E-state index contributed by atoms with van der Waals surface area (Å²) in [5.41, 5.74) is 3.73. The zero-order valence-electron chi connectivity index (χ0n) is 16.4. The van der Waals surface area contributed by atoms with Gasteiger partial charge in [-0.15, -0.1) is 0 Å². The maximum atomic E-state index is 11.5. The lowest BCUT2D eigenvalue weighted by Gasteiger charge is -2.08. The number of benzene rings is 2. The van der Waals surface area contributed by atoms with Crippen molar-refractivity contribution in [1.82, 2.24) is 4.98 Å². The summed E-state index contributed by atoms with van der Waals surface area (Å²) in [5.74, 6) is 0.909. The van der Waals surface area contributed by atoms with Crippen molar-refractivity contribution in [1.29, 1.82) is 0 Å². The van der Waals surface area contributed by atoms with Crippen molar-refractivity contribution < 1.29 is 14.1 Å². The van der Waals surface area contributed by atoms with Gasteiger partial charge in [-0.2, -0.15) is 0 Å². The Morgan fingerprint density at radius 1 is 1.07 bits per heavy atom. The summed E-state index contributed by atoms with van der Waals surface area (Å²) in [7, 11) is 0. The molecule has 0 N–H and O–H groups in total. The monoisotopic (exact) mass is 439 g/mol. The van der Waals surface area contributed by atoms with Crippen molar-refractivity contribution in [3.05, 3.63) is 59.1 Å². The van der Waals surface area contributed by atoms with E-state index >= 15 is 0 Å². The largest absolute Gasteiger partial charge is 0.487 e. The van der Waals surface area contributed by atoms with Gasteiger partial charge in [0.1, 0.15) is 18.9 Å². The van der Waals surface area contributed by atoms with Crippen LogP contribution in [0.1, 0.15) is 20.8 Å². The van der Waals surface area contributed by atoms with Crippen molar-refractivity contribution in [2.75, 3.05) is 19.7 Å². The Kier molecular flexibility index (Phi) is 6.57. The predicted octanol–water partition coefficient (Wildman–Crippen LogP) is 5.13. The lowest BCUT2D eigenvalue weighted by molar-refractivity contribution is -0.525. The molecule has 0 aliphatic rings. The van der Waals surface area contributed by atoms with Crippen molar-refractivity contribution >= 4 is 38.3 Å². The molecular formula is C23H24BrN2O2+. The number of hydrogen-bond donors (Lipinski definition) is 0. The van der Waals surface area contributed by atoms with Crippen LogP contribution in [0.15, 0.2) is 59.1 Å². The fourth-order valence-corrected chi connectivity index (χ4v) is 3.42. The van der Waals surface area contributed by atoms with Crippen LogP contribution in [0.5, 0.6) is 5.75 Å². The standard InChI is InChI=1S/C23H24BrN2O2/c1-4-26(16(2)17(3)27)13-14-28-21-9-5-18(6-10-21)22-11-7-19-15-20(24)8-12-23(19)25-22/h5-12,15H,4,13-14H2,1-3H3/q+1. The van der Waals surface area contributed by atoms with Crippen LogP contribution in [-0.2, 0) is 4.79 Å². The van der Waals surface area contributed by atoms with Gasteiger partial charge >= 0.3 is 0 Å². The molecule has 1 heterocycles. The maximum Gasteiger partial charge on any atom is 0.218 e. The lowest BCUT2D eigenvalue weighted by Crippen LogP contribution is -2.28. The number of ketones is 1. The molecule has 144 valence electrons. The number of pyridine rings is 1. The zero-order valence-corrected chi connectivity index (χ0v) is 18.0. The van der Waals surface area contributed by atoms with Crippen LogP contribution in [0.2, 0.25) is 0 Å². The number of aromatic nitrogens is 1. The molecule has 0 saturated heterocycles. The first kappa shape index (κ1) is 20.2. The third kappa shape index (κ3) is 4.84. The van der Waals surface area contributed by atoms with Crippen LogP contribution in [0.3, 0.4) is 0 Å². The van der Waals surface area contributed by atoms with Crippen molar-refractivity contribution in [3.8, 4) is 17.0 Å². The number of Topliss-reactive ketones (excluding diaryl/α,β-unsaturated/α-hetero) is 1. The molecule has 0 spiro atoms. The average Bonchev–Trinajstić information content (AvgIpc) is 2.70. The molecule has 0 atom stereocenters. The van der Waals surface area contributed by atoms with Crippen LogP contribution in [0.25, 0.3) is 22.2 Å². The molecule has 0 radical (unpaired) electrons. The van der Waals surface area contributed by atoms with Gasteiger partial charge in [0.2, 0.25) is 11.5 Å². The maximum absolute atomic E-state index is 11.5. The molecule has 0 amide bonds. The van der Waals surface area contributed by atoms with E-state index in [1.807, 2.05) is 60.9 Å². The second-order valence-electron chi connectivity index (χ2n) is 6.63. The number of carbonyl (C=O) groups excluding carboxylic acids is 1. The molecule has 0 unspecified atom stereocenters. The summed E-state index contributed by atoms with van der Waals surface area (Å²) in [6.07, 6.45) is 0. The quantitative estimate of drug-likeness (QED) is 0.378. The topological polar surface area (TPSA) is 42.2 Å². The van der Waals surface area contributed by atoms with Gasteiger partial charge < -0.3 is 4.74 Å². The van der Waals surface area contributed by atoms with E-state index in [-0.39, 0.29) is 5.78 Å². The summed E-state index contributed by atoms with van der Waals surface area (Å²) in [6.45, 7) is 7.49. The number of ether oxygens (including phenoxy) is 1. The minimum Gasteiger partial charge on any atom is -0.487 e. The van der Waals surface area contributed by atoms with Crippen LogP contribution in [-0.4, -0.2) is 40.8 Å². The Balaban J connectivity index is 1.67. The molecule has 5 heteroatoms. The second-order valence-corrected chi connectivity index (χ2v) is 7.54. The number of nitrogens with zero attached hydrogens (tertiary/aromatic N) is 2. The highest BCUT2D eigenvalue weighted by molar-refractivity contribution is 9.10. The Bertz CT molecular complexity index is 1030. The first-order chi connectivity index (χ1) is 13.5. The predicted molar refractivity (Wildman–Crippen MR) is 117 cm³/mol. The smallest absolute Gasteiger partial charge is 0.218 e. The molecule has 3 rings (SSSR count). The highest BCUT2D eigenvalue weighted by Crippen LogP contribution is 2.25. The van der Waals surface area contributed by atoms with Gasteiger partial charge in [0, 0.05) is 29.3 Å². The first-order valence-electron chi connectivity index (χ1n) is 9.37. The summed E-state index contributed by atoms with van der Waals surface area (Å²) in [4.78, 5) is 16.3. The molecule has 0 saturated carbocycles. The van der Waals surface area contributed by atoms with E-state index in [0.29, 0.717) is 13.2 Å². The highest BCUT2D eigenvalue weighted by Gasteiger charge is 2.12. The number of rotatable bonds is 7. The highest BCUT2D eigenvalue weighted by atomic mass is 79.9. The van der Waals surface area contributed by atoms with Crippen molar-refractivity contribution in [2.45, 2.75) is 20.8 Å². The van der Waals surface area contributed by atoms with Crippen molar-refractivity contribution in [2.24, 2.45) is 0 Å². The molecular weight excluding hydrogens is 416 g/mol. The minimum atomic E-state index is 0.0986. The van der Waals surface area contributed by atoms with Crippen LogP contribution < -0.4 is 4.74 Å². The fraction of sp³-hybridized carbons (Fsp3) is 0.261. The van der Waals surface area contributed by atoms with Gasteiger partial charge in [-0.25, -0.2) is 9.56 Å². The summed E-state index contributed by atoms with van der Waals surface area (Å²) in [5, 5.41) is 1.11. The molecule has 4 nitrogen and oxygen atoms in total. The molecule has 0 fully saturated rings. The van der Waals surface area contributed by atoms with Gasteiger partial charge in [-0.1, -0.05) is 22.0 Å². The summed E-state index contributed by atoms with van der Waals surface area (Å²) >= 11 is 3.49. The van der Waals surface area contributed by atoms with E-state index < -0.39 is 0 Å². The van der Waals surface area contributed by atoms with Crippen LogP contribution in [0, 0.1) is 0 Å². The molecule has 0 bridgehead atoms. The second kappa shape index (κ2) is 9.11. The number of carbonyl (C=O) groups is 1. The van der Waals surface area contributed by atoms with Gasteiger partial charge in [-0.3, -0.25) is 4.79 Å². The Labute approximate surface area is 174 Å². The van der Waals surface area contributed by atoms with Gasteiger partial charge in [0.25, 0.3) is 0 Å². The van der Waals surface area contributed by atoms with Crippen molar-refractivity contribution in [3.63, 3.8) is 0 Å². The number of fused-ring (bicyclic) bond motifs is 1. The molecule has 1 aromatic heterocycles. The van der Waals surface area contributed by atoms with E-state index in [4.69, 9.17) is 9.72 Å². The van der Waals surface area contributed by atoms with E-state index in [1.54, 1.807) is 6.92 Å². The molecule has 0 aliphatic heterocycles. The summed E-state index contributed by atoms with van der Waals surface area (Å²) < 4.78 is 8.94. The van der Waals surface area contributed by atoms with E-state index in [0.717, 1.165) is 44.6 Å². The van der Waals surface area contributed by atoms with Gasteiger partial charge in [0.05, 0.1) is 11.2 Å². The summed E-state index contributed by atoms with van der Waals surface area (Å²) in [6, 6.07) is 18.2. The molecule has 28 heavy (non-hydrogen) atoms. The van der Waals surface area contributed by atoms with Crippen LogP contribution in [0.4, 0.5) is 0 Å². The first-order valence-corrected chi connectivity index (χ1v) is 10.2. The third-order valence-corrected chi connectivity index (χ3v) is 5.29. The fourth-order valence-electron chi connectivity index (χ4n) is 3.04. The zero-order chi connectivity index (χ0) is 20.1. The van der Waals surface area contributed by atoms with E-state index in [2.05, 4.69) is 28.1 Å². The Morgan fingerprint density at radius 3 is 2.50 bits per heavy atom. The molecule has 2 aromatic carbocycles. The minimum absolute atomic E-state index is 0.0986. The Hall–Kier alpha value is -2.53. The lowest BCUT2D eigenvalue weighted by atomic mass is 10.1. The van der Waals surface area contributed by atoms with E-state index in [9.17, 15) is 4.79 Å². The SMILES string of the molecule is CC[N+](CCOc1ccc(-c2ccc3cc(Br)ccc3n2)cc1)=C(C)C(C)=O. The molecule has 0 aliphatic carbocycles. The van der Waals surface area contributed by atoms with Crippen LogP contribution >= 0.6 is 15.9 Å². The number of likely N-dealkylation sites (N-methyl/N-ethyl adjacent to an activating group) is 1. The van der Waals surface area contributed by atoms with E-state index in [1.165, 1.54) is 0 Å². The normalized spacial score (nSPS) is 12.0. The number of halogens is 1.